The lowest BCUT2D eigenvalue weighted by Gasteiger charge is -2.24. The Kier molecular flexibility index (Phi) is 5.01. The second-order valence-electron chi connectivity index (χ2n) is 10.0. The number of carbonyl (C=O) groups excluding carboxylic acids is 2. The summed E-state index contributed by atoms with van der Waals surface area (Å²) in [4.78, 5) is 32.6. The zero-order chi connectivity index (χ0) is 25.4. The Hall–Kier alpha value is -3.67. The maximum atomic E-state index is 13.3. The van der Waals surface area contributed by atoms with Crippen molar-refractivity contribution in [3.05, 3.63) is 41.1 Å². The second-order valence-corrected chi connectivity index (χ2v) is 11.8. The summed E-state index contributed by atoms with van der Waals surface area (Å²) in [6, 6.07) is 5.43. The third-order valence-corrected chi connectivity index (χ3v) is 7.66. The van der Waals surface area contributed by atoms with Gasteiger partial charge in [-0.1, -0.05) is 0 Å². The number of hydrogen-bond acceptors (Lipinski definition) is 7. The number of aromatic nitrogens is 3. The second kappa shape index (κ2) is 7.92. The van der Waals surface area contributed by atoms with Crippen molar-refractivity contribution in [3.8, 4) is 11.3 Å². The fraction of sp³-hybridized carbons (Fsp3) is 0.417. The fourth-order valence-corrected chi connectivity index (χ4v) is 5.44. The van der Waals surface area contributed by atoms with Crippen molar-refractivity contribution in [3.63, 3.8) is 0 Å². The molecule has 4 N–H and O–H groups in total. The van der Waals surface area contributed by atoms with Crippen molar-refractivity contribution < 1.29 is 18.0 Å². The predicted octanol–water partition coefficient (Wildman–Crippen LogP) is 2.00. The zero-order valence-electron chi connectivity index (χ0n) is 20.0. The summed E-state index contributed by atoms with van der Waals surface area (Å²) in [5.41, 5.74) is 9.00. The SMILES string of the molecule is CC(C1CC1)N1Cc2cc(-c3ccn4nc(N)c(C(=O)NC5CC5)c4n3)cc(NS(C)(=O)=O)c2C1=O. The molecule has 0 saturated heterocycles. The number of amides is 2. The molecule has 2 saturated carbocycles. The molecule has 0 radical (unpaired) electrons. The Morgan fingerprint density at radius 2 is 1.97 bits per heavy atom. The molecule has 6 rings (SSSR count). The summed E-state index contributed by atoms with van der Waals surface area (Å²) in [6.45, 7) is 2.44. The highest BCUT2D eigenvalue weighted by Gasteiger charge is 2.40. The largest absolute Gasteiger partial charge is 0.381 e. The quantitative estimate of drug-likeness (QED) is 0.440. The molecular formula is C24H27N7O4S. The van der Waals surface area contributed by atoms with E-state index in [0.29, 0.717) is 34.9 Å². The molecule has 2 fully saturated rings. The lowest BCUT2D eigenvalue weighted by atomic mass is 10.0. The van der Waals surface area contributed by atoms with Gasteiger partial charge in [-0.05, 0) is 62.3 Å². The molecule has 1 unspecified atom stereocenters. The molecule has 11 nitrogen and oxygen atoms in total. The number of carbonyl (C=O) groups is 2. The number of nitrogens with two attached hydrogens (primary N) is 1. The van der Waals surface area contributed by atoms with E-state index < -0.39 is 10.0 Å². The average molecular weight is 510 g/mol. The summed E-state index contributed by atoms with van der Waals surface area (Å²) >= 11 is 0. The Morgan fingerprint density at radius 1 is 1.22 bits per heavy atom. The van der Waals surface area contributed by atoms with Crippen molar-refractivity contribution in [2.24, 2.45) is 5.92 Å². The Balaban J connectivity index is 1.44. The van der Waals surface area contributed by atoms with Gasteiger partial charge in [0.05, 0.1) is 23.2 Å². The summed E-state index contributed by atoms with van der Waals surface area (Å²) in [7, 11) is -3.64. The van der Waals surface area contributed by atoms with Crippen LogP contribution in [0, 0.1) is 5.92 Å². The molecule has 1 atom stereocenters. The van der Waals surface area contributed by atoms with Crippen LogP contribution in [-0.2, 0) is 16.6 Å². The fourth-order valence-electron chi connectivity index (χ4n) is 4.88. The van der Waals surface area contributed by atoms with E-state index in [9.17, 15) is 18.0 Å². The molecule has 0 bridgehead atoms. The topological polar surface area (TPSA) is 152 Å². The molecule has 36 heavy (non-hydrogen) atoms. The first-order chi connectivity index (χ1) is 17.1. The van der Waals surface area contributed by atoms with Crippen LogP contribution in [0.4, 0.5) is 11.5 Å². The molecule has 2 aliphatic carbocycles. The van der Waals surface area contributed by atoms with Crippen molar-refractivity contribution in [1.29, 1.82) is 0 Å². The molecule has 3 aromatic rings. The summed E-state index contributed by atoms with van der Waals surface area (Å²) < 4.78 is 28.3. The Labute approximate surface area is 208 Å². The number of rotatable bonds is 7. The molecule has 2 amide bonds. The highest BCUT2D eigenvalue weighted by atomic mass is 32.2. The van der Waals surface area contributed by atoms with Crippen LogP contribution in [0.2, 0.25) is 0 Å². The number of fused-ring (bicyclic) bond motifs is 2. The van der Waals surface area contributed by atoms with E-state index in [4.69, 9.17) is 5.73 Å². The molecule has 12 heteroatoms. The lowest BCUT2D eigenvalue weighted by molar-refractivity contribution is 0.0698. The van der Waals surface area contributed by atoms with E-state index in [1.165, 1.54) is 4.52 Å². The highest BCUT2D eigenvalue weighted by molar-refractivity contribution is 7.92. The minimum Gasteiger partial charge on any atom is -0.381 e. The van der Waals surface area contributed by atoms with Gasteiger partial charge in [-0.25, -0.2) is 17.9 Å². The minimum absolute atomic E-state index is 0.0798. The van der Waals surface area contributed by atoms with E-state index in [0.717, 1.165) is 37.5 Å². The Morgan fingerprint density at radius 3 is 2.64 bits per heavy atom. The van der Waals surface area contributed by atoms with Crippen LogP contribution >= 0.6 is 0 Å². The van der Waals surface area contributed by atoms with E-state index in [2.05, 4.69) is 20.1 Å². The molecule has 0 spiro atoms. The monoisotopic (exact) mass is 509 g/mol. The van der Waals surface area contributed by atoms with Crippen molar-refractivity contribution in [2.75, 3.05) is 16.7 Å². The van der Waals surface area contributed by atoms with Crippen LogP contribution < -0.4 is 15.8 Å². The van der Waals surface area contributed by atoms with E-state index in [-0.39, 0.29) is 41.0 Å². The summed E-state index contributed by atoms with van der Waals surface area (Å²) in [5, 5.41) is 7.13. The van der Waals surface area contributed by atoms with Crippen LogP contribution in [0.15, 0.2) is 24.4 Å². The van der Waals surface area contributed by atoms with E-state index in [1.54, 1.807) is 18.3 Å². The van der Waals surface area contributed by atoms with Crippen LogP contribution in [0.3, 0.4) is 0 Å². The van der Waals surface area contributed by atoms with Gasteiger partial charge < -0.3 is 16.0 Å². The maximum Gasteiger partial charge on any atom is 0.259 e. The van der Waals surface area contributed by atoms with Gasteiger partial charge in [0, 0.05) is 30.4 Å². The third kappa shape index (κ3) is 4.04. The van der Waals surface area contributed by atoms with Crippen molar-refractivity contribution in [1.82, 2.24) is 24.8 Å². The van der Waals surface area contributed by atoms with Gasteiger partial charge in [0.1, 0.15) is 5.56 Å². The van der Waals surface area contributed by atoms with Gasteiger partial charge in [0.25, 0.3) is 11.8 Å². The van der Waals surface area contributed by atoms with Crippen LogP contribution in [0.5, 0.6) is 0 Å². The van der Waals surface area contributed by atoms with E-state index in [1.807, 2.05) is 17.9 Å². The van der Waals surface area contributed by atoms with Crippen LogP contribution in [0.1, 0.15) is 58.9 Å². The molecule has 1 aliphatic heterocycles. The zero-order valence-corrected chi connectivity index (χ0v) is 20.8. The maximum absolute atomic E-state index is 13.3. The lowest BCUT2D eigenvalue weighted by Crippen LogP contribution is -2.34. The number of hydrogen-bond donors (Lipinski definition) is 3. The summed E-state index contributed by atoms with van der Waals surface area (Å²) in [5.74, 6) is 0.0681. The first-order valence-corrected chi connectivity index (χ1v) is 13.9. The number of nitrogens with zero attached hydrogens (tertiary/aromatic N) is 4. The summed E-state index contributed by atoms with van der Waals surface area (Å²) in [6.07, 6.45) is 6.77. The predicted molar refractivity (Wildman–Crippen MR) is 134 cm³/mol. The molecule has 1 aromatic carbocycles. The van der Waals surface area contributed by atoms with Crippen molar-refractivity contribution >= 4 is 39.0 Å². The van der Waals surface area contributed by atoms with Gasteiger partial charge in [0.2, 0.25) is 10.0 Å². The number of nitrogens with one attached hydrogen (secondary N) is 2. The van der Waals surface area contributed by atoms with Crippen molar-refractivity contribution in [2.45, 2.75) is 51.2 Å². The Bertz CT molecular complexity index is 1540. The number of nitrogen functional groups attached to an aromatic ring is 1. The molecule has 2 aromatic heterocycles. The normalized spacial score (nSPS) is 18.4. The van der Waals surface area contributed by atoms with Gasteiger partial charge in [-0.15, -0.1) is 5.10 Å². The third-order valence-electron chi connectivity index (χ3n) is 7.07. The van der Waals surface area contributed by atoms with Gasteiger partial charge in [-0.2, -0.15) is 0 Å². The van der Waals surface area contributed by atoms with Gasteiger partial charge in [-0.3, -0.25) is 14.3 Å². The average Bonchev–Trinajstić information content (AvgIpc) is 3.72. The van der Waals surface area contributed by atoms with E-state index >= 15 is 0 Å². The smallest absolute Gasteiger partial charge is 0.259 e. The van der Waals surface area contributed by atoms with Crippen LogP contribution in [-0.4, -0.2) is 58.1 Å². The number of anilines is 2. The van der Waals surface area contributed by atoms with Gasteiger partial charge in [0.15, 0.2) is 11.5 Å². The first kappa shape index (κ1) is 22.8. The molecule has 3 heterocycles. The van der Waals surface area contributed by atoms with Gasteiger partial charge >= 0.3 is 0 Å². The minimum atomic E-state index is -3.64. The standard InChI is InChI=1S/C24H27N7O4S/c1-12(13-3-4-13)30-11-15-9-14(10-18(19(15)24(30)33)29-36(2,34)35)17-7-8-31-22(27-17)20(21(25)28-31)23(32)26-16-5-6-16/h7-10,12-13,16,29H,3-6,11H2,1-2H3,(H2,25,28)(H,26,32). The molecular weight excluding hydrogens is 482 g/mol. The molecule has 3 aliphatic rings. The van der Waals surface area contributed by atoms with Crippen LogP contribution in [0.25, 0.3) is 16.9 Å². The number of sulfonamides is 1. The number of benzene rings is 1. The molecule has 188 valence electrons. The first-order valence-electron chi connectivity index (χ1n) is 12.0. The highest BCUT2D eigenvalue weighted by Crippen LogP contribution is 2.41.